The van der Waals surface area contributed by atoms with Gasteiger partial charge in [0.15, 0.2) is 0 Å². The van der Waals surface area contributed by atoms with E-state index >= 15 is 0 Å². The Hall–Kier alpha value is -2.08. The number of carboxylic acid groups (broad SMARTS) is 1. The molecule has 0 bridgehead atoms. The van der Waals surface area contributed by atoms with E-state index in [2.05, 4.69) is 10.6 Å². The second kappa shape index (κ2) is 6.38. The number of benzene rings is 1. The van der Waals surface area contributed by atoms with Crippen LogP contribution in [0.3, 0.4) is 0 Å². The van der Waals surface area contributed by atoms with Crippen LogP contribution in [0.5, 0.6) is 5.75 Å². The first-order valence-corrected chi connectivity index (χ1v) is 6.66. The lowest BCUT2D eigenvalue weighted by atomic mass is 10.2. The van der Waals surface area contributed by atoms with Crippen LogP contribution in [0.4, 0.5) is 5.69 Å². The number of hydrogen-bond donors (Lipinski definition) is 4. The molecule has 1 aromatic rings. The molecule has 0 spiro atoms. The fraction of sp³-hybridized carbons (Fsp3) is 0.429. The zero-order valence-electron chi connectivity index (χ0n) is 11.1. The number of hydrogen-bond acceptors (Lipinski definition) is 4. The zero-order chi connectivity index (χ0) is 14.5. The molecule has 0 atom stereocenters. The first-order valence-electron chi connectivity index (χ1n) is 6.66. The molecule has 0 aromatic heterocycles. The number of carboxylic acids is 1. The maximum absolute atomic E-state index is 11.7. The largest absolute Gasteiger partial charge is 0.507 e. The third-order valence-electron chi connectivity index (χ3n) is 3.42. The molecule has 6 nitrogen and oxygen atoms in total. The van der Waals surface area contributed by atoms with E-state index in [0.717, 1.165) is 12.8 Å². The van der Waals surface area contributed by atoms with Crippen LogP contribution in [0.1, 0.15) is 36.0 Å². The van der Waals surface area contributed by atoms with Crippen LogP contribution in [-0.2, 0) is 4.79 Å². The minimum absolute atomic E-state index is 0.188. The van der Waals surface area contributed by atoms with E-state index in [1.54, 1.807) is 0 Å². The predicted molar refractivity (Wildman–Crippen MR) is 74.0 cm³/mol. The maximum atomic E-state index is 11.7. The Morgan fingerprint density at radius 3 is 2.55 bits per heavy atom. The monoisotopic (exact) mass is 278 g/mol. The number of phenols is 1. The average Bonchev–Trinajstić information content (AvgIpc) is 2.89. The normalized spacial score (nSPS) is 15.2. The number of aromatic hydroxyl groups is 1. The summed E-state index contributed by atoms with van der Waals surface area (Å²) >= 11 is 0. The van der Waals surface area contributed by atoms with Crippen LogP contribution >= 0.6 is 0 Å². The SMILES string of the molecule is O=C(CNC1CCCC1)Nc1ccc(C(=O)O)c(O)c1. The second-order valence-corrected chi connectivity index (χ2v) is 4.95. The van der Waals surface area contributed by atoms with Crippen molar-refractivity contribution in [3.63, 3.8) is 0 Å². The van der Waals surface area contributed by atoms with E-state index in [1.807, 2.05) is 0 Å². The van der Waals surface area contributed by atoms with Crippen molar-refractivity contribution in [1.29, 1.82) is 0 Å². The van der Waals surface area contributed by atoms with Crippen LogP contribution in [0.2, 0.25) is 0 Å². The molecule has 20 heavy (non-hydrogen) atoms. The molecule has 1 fully saturated rings. The number of carbonyl (C=O) groups is 2. The average molecular weight is 278 g/mol. The van der Waals surface area contributed by atoms with Crippen molar-refractivity contribution in [1.82, 2.24) is 5.32 Å². The Morgan fingerprint density at radius 1 is 1.25 bits per heavy atom. The number of amides is 1. The lowest BCUT2D eigenvalue weighted by Crippen LogP contribution is -2.34. The highest BCUT2D eigenvalue weighted by molar-refractivity contribution is 5.95. The summed E-state index contributed by atoms with van der Waals surface area (Å²) in [5.41, 5.74) is 0.192. The topological polar surface area (TPSA) is 98.7 Å². The molecule has 0 heterocycles. The van der Waals surface area contributed by atoms with Gasteiger partial charge in [-0.2, -0.15) is 0 Å². The van der Waals surface area contributed by atoms with Crippen molar-refractivity contribution in [2.24, 2.45) is 0 Å². The molecule has 4 N–H and O–H groups in total. The Labute approximate surface area is 116 Å². The van der Waals surface area contributed by atoms with Crippen LogP contribution in [0.15, 0.2) is 18.2 Å². The lowest BCUT2D eigenvalue weighted by Gasteiger charge is -2.12. The second-order valence-electron chi connectivity index (χ2n) is 4.95. The van der Waals surface area contributed by atoms with Crippen molar-refractivity contribution in [2.75, 3.05) is 11.9 Å². The maximum Gasteiger partial charge on any atom is 0.339 e. The summed E-state index contributed by atoms with van der Waals surface area (Å²) in [4.78, 5) is 22.5. The third kappa shape index (κ3) is 3.71. The van der Waals surface area contributed by atoms with E-state index in [4.69, 9.17) is 5.11 Å². The van der Waals surface area contributed by atoms with Gasteiger partial charge in [-0.25, -0.2) is 4.79 Å². The highest BCUT2D eigenvalue weighted by Gasteiger charge is 2.15. The van der Waals surface area contributed by atoms with Crippen molar-refractivity contribution in [3.05, 3.63) is 23.8 Å². The van der Waals surface area contributed by atoms with Crippen molar-refractivity contribution in [2.45, 2.75) is 31.7 Å². The lowest BCUT2D eigenvalue weighted by molar-refractivity contribution is -0.115. The van der Waals surface area contributed by atoms with E-state index in [9.17, 15) is 14.7 Å². The number of anilines is 1. The van der Waals surface area contributed by atoms with Gasteiger partial charge in [-0.1, -0.05) is 12.8 Å². The minimum atomic E-state index is -1.21. The van der Waals surface area contributed by atoms with Gasteiger partial charge in [0.25, 0.3) is 0 Å². The first kappa shape index (κ1) is 14.3. The summed E-state index contributed by atoms with van der Waals surface area (Å²) in [6, 6.07) is 4.36. The molecular formula is C14H18N2O4. The van der Waals surface area contributed by atoms with E-state index in [-0.39, 0.29) is 23.8 Å². The fourth-order valence-corrected chi connectivity index (χ4v) is 2.36. The highest BCUT2D eigenvalue weighted by atomic mass is 16.4. The Morgan fingerprint density at radius 2 is 1.95 bits per heavy atom. The summed E-state index contributed by atoms with van der Waals surface area (Å²) < 4.78 is 0. The molecule has 1 amide bonds. The number of aromatic carboxylic acids is 1. The quantitative estimate of drug-likeness (QED) is 0.655. The van der Waals surface area contributed by atoms with Gasteiger partial charge in [0.2, 0.25) is 5.91 Å². The van der Waals surface area contributed by atoms with Gasteiger partial charge in [-0.05, 0) is 25.0 Å². The van der Waals surface area contributed by atoms with Crippen molar-refractivity contribution in [3.8, 4) is 5.75 Å². The summed E-state index contributed by atoms with van der Waals surface area (Å²) in [5.74, 6) is -1.78. The smallest absolute Gasteiger partial charge is 0.339 e. The summed E-state index contributed by atoms with van der Waals surface area (Å²) in [5, 5.41) is 24.1. The number of nitrogens with one attached hydrogen (secondary N) is 2. The van der Waals surface area contributed by atoms with Crippen molar-refractivity contribution < 1.29 is 19.8 Å². The first-order chi connectivity index (χ1) is 9.56. The molecule has 1 aliphatic rings. The van der Waals surface area contributed by atoms with Gasteiger partial charge in [-0.15, -0.1) is 0 Å². The molecule has 0 unspecified atom stereocenters. The van der Waals surface area contributed by atoms with Crippen molar-refractivity contribution >= 4 is 17.6 Å². The van der Waals surface area contributed by atoms with Gasteiger partial charge in [0, 0.05) is 17.8 Å². The van der Waals surface area contributed by atoms with Crippen LogP contribution in [-0.4, -0.2) is 34.7 Å². The van der Waals surface area contributed by atoms with Gasteiger partial charge in [-0.3, -0.25) is 4.79 Å². The standard InChI is InChI=1S/C14H18N2O4/c17-12-7-10(5-6-11(12)14(19)20)16-13(18)8-15-9-3-1-2-4-9/h5-7,9,15,17H,1-4,8H2,(H,16,18)(H,19,20). The van der Waals surface area contributed by atoms with Gasteiger partial charge in [0.05, 0.1) is 6.54 Å². The summed E-state index contributed by atoms with van der Waals surface area (Å²) in [7, 11) is 0. The number of carbonyl (C=O) groups excluding carboxylic acids is 1. The summed E-state index contributed by atoms with van der Waals surface area (Å²) in [6.45, 7) is 0.214. The number of rotatable bonds is 5. The third-order valence-corrected chi connectivity index (χ3v) is 3.42. The molecule has 0 radical (unpaired) electrons. The molecule has 1 saturated carbocycles. The van der Waals surface area contributed by atoms with Gasteiger partial charge >= 0.3 is 5.97 Å². The van der Waals surface area contributed by atoms with Crippen LogP contribution < -0.4 is 10.6 Å². The van der Waals surface area contributed by atoms with Crippen LogP contribution in [0.25, 0.3) is 0 Å². The van der Waals surface area contributed by atoms with Gasteiger partial charge < -0.3 is 20.8 Å². The Balaban J connectivity index is 1.87. The molecule has 1 aliphatic carbocycles. The molecular weight excluding hydrogens is 260 g/mol. The fourth-order valence-electron chi connectivity index (χ4n) is 2.36. The zero-order valence-corrected chi connectivity index (χ0v) is 11.1. The molecule has 0 saturated heterocycles. The highest BCUT2D eigenvalue weighted by Crippen LogP contribution is 2.22. The molecule has 6 heteroatoms. The minimum Gasteiger partial charge on any atom is -0.507 e. The van der Waals surface area contributed by atoms with E-state index in [1.165, 1.54) is 31.0 Å². The van der Waals surface area contributed by atoms with Gasteiger partial charge in [0.1, 0.15) is 11.3 Å². The van der Waals surface area contributed by atoms with E-state index in [0.29, 0.717) is 11.7 Å². The van der Waals surface area contributed by atoms with Crippen LogP contribution in [0, 0.1) is 0 Å². The Kier molecular flexibility index (Phi) is 4.57. The molecule has 0 aliphatic heterocycles. The van der Waals surface area contributed by atoms with E-state index < -0.39 is 5.97 Å². The molecule has 108 valence electrons. The Bertz CT molecular complexity index is 510. The summed E-state index contributed by atoms with van der Waals surface area (Å²) in [6.07, 6.45) is 4.59. The molecule has 1 aromatic carbocycles. The molecule has 2 rings (SSSR count). The predicted octanol–water partition coefficient (Wildman–Crippen LogP) is 1.56.